The third-order valence-corrected chi connectivity index (χ3v) is 3.22. The number of benzene rings is 2. The molecule has 0 unspecified atom stereocenters. The normalized spacial score (nSPS) is 10.2. The minimum absolute atomic E-state index is 0.0366. The number of phenols is 2. The average Bonchev–Trinajstić information content (AvgIpc) is 2.44. The van der Waals surface area contributed by atoms with Crippen LogP contribution in [0.15, 0.2) is 42.5 Å². The van der Waals surface area contributed by atoms with Gasteiger partial charge in [0.25, 0.3) is 5.91 Å². The number of carbonyl (C=O) groups is 1. The molecule has 0 atom stereocenters. The Morgan fingerprint density at radius 3 is 2.45 bits per heavy atom. The van der Waals surface area contributed by atoms with Crippen molar-refractivity contribution in [2.75, 3.05) is 10.6 Å². The molecule has 20 heavy (non-hydrogen) atoms. The monoisotopic (exact) mass is 335 g/mol. The lowest BCUT2D eigenvalue weighted by Crippen LogP contribution is -2.12. The Morgan fingerprint density at radius 2 is 1.80 bits per heavy atom. The largest absolute Gasteiger partial charge is 0.508 e. The smallest absolute Gasteiger partial charge is 0.259 e. The number of carbonyl (C=O) groups excluding carboxylic acids is 1. The standard InChI is InChI=1S/C15H14BrNO3/c16-8-7-10-1-3-11(4-2-10)17-15(20)13-9-12(18)5-6-14(13)19/h1-6,9,18-19H,7-8H2,(H,17,20). The molecule has 0 spiro atoms. The maximum atomic E-state index is 12.0. The molecular formula is C15H14BrNO3. The quantitative estimate of drug-likeness (QED) is 0.593. The number of alkyl halides is 1. The number of hydrogen-bond acceptors (Lipinski definition) is 3. The van der Waals surface area contributed by atoms with Crippen molar-refractivity contribution in [3.63, 3.8) is 0 Å². The molecule has 0 saturated carbocycles. The third kappa shape index (κ3) is 3.51. The minimum atomic E-state index is -0.466. The maximum absolute atomic E-state index is 12.0. The highest BCUT2D eigenvalue weighted by Gasteiger charge is 2.12. The number of phenolic OH excluding ortho intramolecular Hbond substituents is 2. The van der Waals surface area contributed by atoms with E-state index in [-0.39, 0.29) is 17.1 Å². The fourth-order valence-electron chi connectivity index (χ4n) is 1.77. The summed E-state index contributed by atoms with van der Waals surface area (Å²) in [7, 11) is 0. The van der Waals surface area contributed by atoms with Crippen molar-refractivity contribution in [2.24, 2.45) is 0 Å². The van der Waals surface area contributed by atoms with Crippen LogP contribution in [0.4, 0.5) is 5.69 Å². The van der Waals surface area contributed by atoms with Crippen LogP contribution in [-0.2, 0) is 6.42 Å². The molecule has 0 aromatic heterocycles. The van der Waals surface area contributed by atoms with Crippen molar-refractivity contribution >= 4 is 27.5 Å². The molecule has 5 heteroatoms. The SMILES string of the molecule is O=C(Nc1ccc(CCBr)cc1)c1cc(O)ccc1O. The minimum Gasteiger partial charge on any atom is -0.508 e. The molecule has 4 nitrogen and oxygen atoms in total. The fraction of sp³-hybridized carbons (Fsp3) is 0.133. The number of halogens is 1. The number of amides is 1. The highest BCUT2D eigenvalue weighted by molar-refractivity contribution is 9.09. The summed E-state index contributed by atoms with van der Waals surface area (Å²) in [6, 6.07) is 11.3. The Hall–Kier alpha value is -2.01. The van der Waals surface area contributed by atoms with Gasteiger partial charge in [-0.05, 0) is 42.3 Å². The highest BCUT2D eigenvalue weighted by Crippen LogP contribution is 2.23. The zero-order chi connectivity index (χ0) is 14.5. The van der Waals surface area contributed by atoms with Crippen LogP contribution in [-0.4, -0.2) is 21.5 Å². The van der Waals surface area contributed by atoms with Gasteiger partial charge in [-0.2, -0.15) is 0 Å². The topological polar surface area (TPSA) is 69.6 Å². The van der Waals surface area contributed by atoms with E-state index in [2.05, 4.69) is 21.2 Å². The lowest BCUT2D eigenvalue weighted by atomic mass is 10.1. The second-order valence-corrected chi connectivity index (χ2v) is 5.08. The number of rotatable bonds is 4. The average molecular weight is 336 g/mol. The van der Waals surface area contributed by atoms with Crippen LogP contribution in [0.3, 0.4) is 0 Å². The predicted octanol–water partition coefficient (Wildman–Crippen LogP) is 3.29. The van der Waals surface area contributed by atoms with Gasteiger partial charge in [-0.1, -0.05) is 28.1 Å². The summed E-state index contributed by atoms with van der Waals surface area (Å²) in [5.74, 6) is -0.705. The Labute approximate surface area is 125 Å². The summed E-state index contributed by atoms with van der Waals surface area (Å²) in [5, 5.41) is 22.5. The number of hydrogen-bond donors (Lipinski definition) is 3. The van der Waals surface area contributed by atoms with Gasteiger partial charge >= 0.3 is 0 Å². The lowest BCUT2D eigenvalue weighted by Gasteiger charge is -2.08. The first-order valence-corrected chi connectivity index (χ1v) is 7.20. The van der Waals surface area contributed by atoms with Gasteiger partial charge < -0.3 is 15.5 Å². The number of aromatic hydroxyl groups is 2. The first kappa shape index (κ1) is 14.4. The molecule has 0 radical (unpaired) electrons. The summed E-state index contributed by atoms with van der Waals surface area (Å²) in [6.07, 6.45) is 0.918. The molecule has 2 aromatic rings. The van der Waals surface area contributed by atoms with Crippen molar-refractivity contribution in [1.82, 2.24) is 0 Å². The van der Waals surface area contributed by atoms with Crippen molar-refractivity contribution in [3.8, 4) is 11.5 Å². The summed E-state index contributed by atoms with van der Waals surface area (Å²) in [6.45, 7) is 0. The maximum Gasteiger partial charge on any atom is 0.259 e. The van der Waals surface area contributed by atoms with E-state index in [1.165, 1.54) is 23.8 Å². The van der Waals surface area contributed by atoms with Gasteiger partial charge in [0.2, 0.25) is 0 Å². The van der Waals surface area contributed by atoms with Gasteiger partial charge in [0, 0.05) is 11.0 Å². The van der Waals surface area contributed by atoms with Crippen LogP contribution in [0.2, 0.25) is 0 Å². The zero-order valence-electron chi connectivity index (χ0n) is 10.6. The third-order valence-electron chi connectivity index (χ3n) is 2.82. The predicted molar refractivity (Wildman–Crippen MR) is 81.7 cm³/mol. The Bertz CT molecular complexity index is 611. The van der Waals surface area contributed by atoms with Crippen molar-refractivity contribution in [1.29, 1.82) is 0 Å². The van der Waals surface area contributed by atoms with E-state index >= 15 is 0 Å². The fourth-order valence-corrected chi connectivity index (χ4v) is 2.23. The second-order valence-electron chi connectivity index (χ2n) is 4.29. The van der Waals surface area contributed by atoms with E-state index in [9.17, 15) is 15.0 Å². The molecule has 104 valence electrons. The van der Waals surface area contributed by atoms with E-state index in [1.54, 1.807) is 12.1 Å². The summed E-state index contributed by atoms with van der Waals surface area (Å²) < 4.78 is 0. The molecule has 3 N–H and O–H groups in total. The van der Waals surface area contributed by atoms with Gasteiger partial charge in [-0.3, -0.25) is 4.79 Å². The summed E-state index contributed by atoms with van der Waals surface area (Å²) >= 11 is 3.37. The molecule has 0 heterocycles. The van der Waals surface area contributed by atoms with E-state index in [4.69, 9.17) is 0 Å². The van der Waals surface area contributed by atoms with Crippen LogP contribution in [0.5, 0.6) is 11.5 Å². The van der Waals surface area contributed by atoms with Crippen LogP contribution >= 0.6 is 15.9 Å². The number of anilines is 1. The van der Waals surface area contributed by atoms with Gasteiger partial charge in [0.1, 0.15) is 11.5 Å². The molecular weight excluding hydrogens is 322 g/mol. The number of aryl methyl sites for hydroxylation is 1. The Balaban J connectivity index is 2.13. The molecule has 0 fully saturated rings. The molecule has 0 aliphatic carbocycles. The van der Waals surface area contributed by atoms with E-state index in [0.29, 0.717) is 5.69 Å². The van der Waals surface area contributed by atoms with Crippen LogP contribution in [0.1, 0.15) is 15.9 Å². The number of nitrogens with one attached hydrogen (secondary N) is 1. The molecule has 1 amide bonds. The molecule has 0 bridgehead atoms. The van der Waals surface area contributed by atoms with E-state index in [1.807, 2.05) is 12.1 Å². The second kappa shape index (κ2) is 6.43. The summed E-state index contributed by atoms with van der Waals surface area (Å²) in [4.78, 5) is 12.0. The Morgan fingerprint density at radius 1 is 1.10 bits per heavy atom. The van der Waals surface area contributed by atoms with Gasteiger partial charge in [-0.15, -0.1) is 0 Å². The summed E-state index contributed by atoms with van der Waals surface area (Å²) in [5.41, 5.74) is 1.84. The zero-order valence-corrected chi connectivity index (χ0v) is 12.2. The molecule has 2 aromatic carbocycles. The van der Waals surface area contributed by atoms with Crippen molar-refractivity contribution in [2.45, 2.75) is 6.42 Å². The van der Waals surface area contributed by atoms with Gasteiger partial charge in [0.15, 0.2) is 0 Å². The molecule has 0 aliphatic rings. The van der Waals surface area contributed by atoms with E-state index < -0.39 is 5.91 Å². The van der Waals surface area contributed by atoms with Gasteiger partial charge in [0.05, 0.1) is 5.56 Å². The first-order chi connectivity index (χ1) is 9.60. The van der Waals surface area contributed by atoms with Crippen molar-refractivity contribution in [3.05, 3.63) is 53.6 Å². The Kier molecular flexibility index (Phi) is 4.63. The van der Waals surface area contributed by atoms with Crippen LogP contribution in [0, 0.1) is 0 Å². The molecule has 0 saturated heterocycles. The lowest BCUT2D eigenvalue weighted by molar-refractivity contribution is 0.102. The van der Waals surface area contributed by atoms with E-state index in [0.717, 1.165) is 11.8 Å². The van der Waals surface area contributed by atoms with Crippen molar-refractivity contribution < 1.29 is 15.0 Å². The van der Waals surface area contributed by atoms with Gasteiger partial charge in [-0.25, -0.2) is 0 Å². The first-order valence-electron chi connectivity index (χ1n) is 6.08. The highest BCUT2D eigenvalue weighted by atomic mass is 79.9. The van der Waals surface area contributed by atoms with Crippen LogP contribution in [0.25, 0.3) is 0 Å². The molecule has 2 rings (SSSR count). The molecule has 0 aliphatic heterocycles. The van der Waals surface area contributed by atoms with Crippen LogP contribution < -0.4 is 5.32 Å².